The lowest BCUT2D eigenvalue weighted by Gasteiger charge is -2.33. The first-order valence-corrected chi connectivity index (χ1v) is 11.6. The SMILES string of the molecule is COc1ccc(S(=O)(=O)N2CCN(c3nc(-c4cccc(OC)c4)ns3)CC2)cc1. The molecule has 0 radical (unpaired) electrons. The van der Waals surface area contributed by atoms with Gasteiger partial charge in [-0.2, -0.15) is 13.7 Å². The lowest BCUT2D eigenvalue weighted by atomic mass is 10.2. The molecule has 2 aromatic carbocycles. The predicted octanol–water partition coefficient (Wildman–Crippen LogP) is 2.73. The molecule has 1 aliphatic rings. The van der Waals surface area contributed by atoms with Crippen LogP contribution in [0.5, 0.6) is 11.5 Å². The fourth-order valence-electron chi connectivity index (χ4n) is 3.24. The lowest BCUT2D eigenvalue weighted by molar-refractivity contribution is 0.384. The van der Waals surface area contributed by atoms with Crippen molar-refractivity contribution in [3.05, 3.63) is 48.5 Å². The Balaban J connectivity index is 1.44. The van der Waals surface area contributed by atoms with Crippen LogP contribution in [0.15, 0.2) is 53.4 Å². The van der Waals surface area contributed by atoms with E-state index >= 15 is 0 Å². The summed E-state index contributed by atoms with van der Waals surface area (Å²) in [5.41, 5.74) is 0.887. The molecule has 8 nitrogen and oxygen atoms in total. The first kappa shape index (κ1) is 20.6. The van der Waals surface area contributed by atoms with Crippen molar-refractivity contribution in [2.45, 2.75) is 4.90 Å². The highest BCUT2D eigenvalue weighted by molar-refractivity contribution is 7.89. The molecule has 2 heterocycles. The number of rotatable bonds is 6. The fourth-order valence-corrected chi connectivity index (χ4v) is 5.40. The molecule has 0 saturated carbocycles. The van der Waals surface area contributed by atoms with Crippen molar-refractivity contribution >= 4 is 26.7 Å². The molecule has 4 rings (SSSR count). The number of hydrogen-bond acceptors (Lipinski definition) is 8. The molecule has 30 heavy (non-hydrogen) atoms. The van der Waals surface area contributed by atoms with E-state index in [4.69, 9.17) is 9.47 Å². The molecule has 0 spiro atoms. The van der Waals surface area contributed by atoms with Gasteiger partial charge in [0.1, 0.15) is 11.5 Å². The van der Waals surface area contributed by atoms with Crippen LogP contribution in [0.2, 0.25) is 0 Å². The number of sulfonamides is 1. The van der Waals surface area contributed by atoms with E-state index in [-0.39, 0.29) is 4.90 Å². The standard InChI is InChI=1S/C20H22N4O4S2/c1-27-16-6-8-18(9-7-16)30(25,26)24-12-10-23(11-13-24)20-21-19(22-29-20)15-4-3-5-17(14-15)28-2/h3-9,14H,10-13H2,1-2H3. The summed E-state index contributed by atoms with van der Waals surface area (Å²) in [4.78, 5) is 6.98. The molecule has 1 saturated heterocycles. The van der Waals surface area contributed by atoms with Crippen molar-refractivity contribution in [3.63, 3.8) is 0 Å². The Labute approximate surface area is 179 Å². The van der Waals surface area contributed by atoms with Crippen LogP contribution in [-0.4, -0.2) is 62.5 Å². The highest BCUT2D eigenvalue weighted by Crippen LogP contribution is 2.28. The molecular weight excluding hydrogens is 424 g/mol. The number of piperazine rings is 1. The van der Waals surface area contributed by atoms with Gasteiger partial charge in [0.15, 0.2) is 5.82 Å². The number of anilines is 1. The zero-order valence-corrected chi connectivity index (χ0v) is 18.3. The average Bonchev–Trinajstić information content (AvgIpc) is 3.29. The minimum absolute atomic E-state index is 0.271. The Morgan fingerprint density at radius 3 is 2.30 bits per heavy atom. The van der Waals surface area contributed by atoms with E-state index in [1.54, 1.807) is 38.5 Å². The van der Waals surface area contributed by atoms with Crippen molar-refractivity contribution in [1.29, 1.82) is 0 Å². The lowest BCUT2D eigenvalue weighted by Crippen LogP contribution is -2.48. The van der Waals surface area contributed by atoms with Crippen molar-refractivity contribution in [2.24, 2.45) is 0 Å². The van der Waals surface area contributed by atoms with E-state index in [1.807, 2.05) is 24.3 Å². The van der Waals surface area contributed by atoms with Crippen molar-refractivity contribution in [1.82, 2.24) is 13.7 Å². The van der Waals surface area contributed by atoms with Gasteiger partial charge in [-0.25, -0.2) is 8.42 Å². The third-order valence-corrected chi connectivity index (χ3v) is 7.64. The van der Waals surface area contributed by atoms with Gasteiger partial charge < -0.3 is 14.4 Å². The second-order valence-electron chi connectivity index (χ2n) is 6.70. The molecule has 0 unspecified atom stereocenters. The number of benzene rings is 2. The van der Waals surface area contributed by atoms with E-state index in [0.29, 0.717) is 37.8 Å². The van der Waals surface area contributed by atoms with Crippen LogP contribution in [-0.2, 0) is 10.0 Å². The van der Waals surface area contributed by atoms with E-state index in [0.717, 1.165) is 16.4 Å². The zero-order valence-electron chi connectivity index (χ0n) is 16.7. The Morgan fingerprint density at radius 2 is 1.63 bits per heavy atom. The van der Waals surface area contributed by atoms with Gasteiger partial charge >= 0.3 is 0 Å². The van der Waals surface area contributed by atoms with E-state index in [1.165, 1.54) is 15.8 Å². The summed E-state index contributed by atoms with van der Waals surface area (Å²) < 4.78 is 42.1. The summed E-state index contributed by atoms with van der Waals surface area (Å²) in [5, 5.41) is 0.786. The molecule has 0 atom stereocenters. The first-order valence-electron chi connectivity index (χ1n) is 9.38. The normalized spacial score (nSPS) is 15.2. The average molecular weight is 447 g/mol. The van der Waals surface area contributed by atoms with Gasteiger partial charge in [0.25, 0.3) is 0 Å². The minimum atomic E-state index is -3.53. The number of aromatic nitrogens is 2. The summed E-state index contributed by atoms with van der Waals surface area (Å²) in [5.74, 6) is 2.02. The van der Waals surface area contributed by atoms with Crippen molar-refractivity contribution in [3.8, 4) is 22.9 Å². The van der Waals surface area contributed by atoms with Crippen LogP contribution >= 0.6 is 11.5 Å². The van der Waals surface area contributed by atoms with Crippen LogP contribution in [0.3, 0.4) is 0 Å². The maximum Gasteiger partial charge on any atom is 0.243 e. The van der Waals surface area contributed by atoms with Gasteiger partial charge in [0.05, 0.1) is 19.1 Å². The Hall–Kier alpha value is -2.69. The topological polar surface area (TPSA) is 84.9 Å². The molecule has 1 fully saturated rings. The molecule has 3 aromatic rings. The van der Waals surface area contributed by atoms with Gasteiger partial charge in [-0.05, 0) is 36.4 Å². The van der Waals surface area contributed by atoms with E-state index in [9.17, 15) is 8.42 Å². The Kier molecular flexibility index (Phi) is 5.89. The van der Waals surface area contributed by atoms with Crippen LogP contribution in [0.25, 0.3) is 11.4 Å². The number of hydrogen-bond donors (Lipinski definition) is 0. The van der Waals surface area contributed by atoms with Gasteiger partial charge in [-0.15, -0.1) is 0 Å². The maximum atomic E-state index is 12.9. The molecular formula is C20H22N4O4S2. The molecule has 10 heteroatoms. The third kappa shape index (κ3) is 4.11. The highest BCUT2D eigenvalue weighted by atomic mass is 32.2. The Morgan fingerprint density at radius 1 is 0.933 bits per heavy atom. The molecule has 1 aliphatic heterocycles. The third-order valence-electron chi connectivity index (χ3n) is 4.95. The molecule has 0 bridgehead atoms. The molecule has 0 N–H and O–H groups in total. The maximum absolute atomic E-state index is 12.9. The second kappa shape index (κ2) is 8.58. The largest absolute Gasteiger partial charge is 0.497 e. The summed E-state index contributed by atoms with van der Waals surface area (Å²) in [6.07, 6.45) is 0. The quantitative estimate of drug-likeness (QED) is 0.576. The number of methoxy groups -OCH3 is 2. The van der Waals surface area contributed by atoms with Crippen LogP contribution in [0, 0.1) is 0 Å². The summed E-state index contributed by atoms with van der Waals surface area (Å²) in [6.45, 7) is 1.90. The Bertz CT molecular complexity index is 1110. The number of nitrogens with zero attached hydrogens (tertiary/aromatic N) is 4. The van der Waals surface area contributed by atoms with Crippen molar-refractivity contribution in [2.75, 3.05) is 45.3 Å². The van der Waals surface area contributed by atoms with Gasteiger partial charge in [0.2, 0.25) is 15.2 Å². The van der Waals surface area contributed by atoms with Crippen LogP contribution in [0.4, 0.5) is 5.13 Å². The van der Waals surface area contributed by atoms with Crippen LogP contribution in [0.1, 0.15) is 0 Å². The van der Waals surface area contributed by atoms with Gasteiger partial charge in [-0.3, -0.25) is 0 Å². The smallest absolute Gasteiger partial charge is 0.243 e. The summed E-state index contributed by atoms with van der Waals surface area (Å²) in [6, 6.07) is 14.1. The van der Waals surface area contributed by atoms with E-state index < -0.39 is 10.0 Å². The monoisotopic (exact) mass is 446 g/mol. The molecule has 158 valence electrons. The molecule has 1 aromatic heterocycles. The van der Waals surface area contributed by atoms with Gasteiger partial charge in [0, 0.05) is 43.3 Å². The summed E-state index contributed by atoms with van der Waals surface area (Å²) in [7, 11) is -0.359. The van der Waals surface area contributed by atoms with Crippen LogP contribution < -0.4 is 14.4 Å². The zero-order chi connectivity index (χ0) is 21.1. The second-order valence-corrected chi connectivity index (χ2v) is 9.37. The first-order chi connectivity index (χ1) is 14.5. The summed E-state index contributed by atoms with van der Waals surface area (Å²) >= 11 is 1.32. The minimum Gasteiger partial charge on any atom is -0.497 e. The van der Waals surface area contributed by atoms with Gasteiger partial charge in [-0.1, -0.05) is 12.1 Å². The fraction of sp³-hybridized carbons (Fsp3) is 0.300. The predicted molar refractivity (Wildman–Crippen MR) is 116 cm³/mol. The van der Waals surface area contributed by atoms with Crippen molar-refractivity contribution < 1.29 is 17.9 Å². The molecule has 0 aliphatic carbocycles. The van der Waals surface area contributed by atoms with E-state index in [2.05, 4.69) is 14.3 Å². The highest BCUT2D eigenvalue weighted by Gasteiger charge is 2.29. The molecule has 0 amide bonds. The number of ether oxygens (including phenoxy) is 2.